The Morgan fingerprint density at radius 3 is 2.55 bits per heavy atom. The highest BCUT2D eigenvalue weighted by Gasteiger charge is 2.25. The van der Waals surface area contributed by atoms with Gasteiger partial charge in [-0.15, -0.1) is 0 Å². The number of nitrogens with two attached hydrogens (primary N) is 1. The summed E-state index contributed by atoms with van der Waals surface area (Å²) in [6.07, 6.45) is 1.40. The van der Waals surface area contributed by atoms with Gasteiger partial charge >= 0.3 is 5.91 Å². The molecule has 1 heterocycles. The van der Waals surface area contributed by atoms with Crippen molar-refractivity contribution in [3.63, 3.8) is 0 Å². The highest BCUT2D eigenvalue weighted by atomic mass is 35.5. The van der Waals surface area contributed by atoms with Crippen LogP contribution in [0.5, 0.6) is 0 Å². The number of nitrogens with one attached hydrogen (secondary N) is 2. The number of pyridine rings is 1. The van der Waals surface area contributed by atoms with E-state index in [9.17, 15) is 4.79 Å². The Morgan fingerprint density at radius 2 is 1.86 bits per heavy atom. The summed E-state index contributed by atoms with van der Waals surface area (Å²) < 4.78 is 0. The fourth-order valence-electron chi connectivity index (χ4n) is 1.52. The molecule has 2 aromatic rings. The van der Waals surface area contributed by atoms with Gasteiger partial charge in [0.1, 0.15) is 10.0 Å². The van der Waals surface area contributed by atoms with Crippen LogP contribution < -0.4 is 16.1 Å². The third-order valence-electron chi connectivity index (χ3n) is 2.62. The lowest BCUT2D eigenvalue weighted by molar-refractivity contribution is -0.379. The van der Waals surface area contributed by atoms with Crippen molar-refractivity contribution in [2.75, 3.05) is 5.73 Å². The fourth-order valence-corrected chi connectivity index (χ4v) is 2.32. The van der Waals surface area contributed by atoms with Gasteiger partial charge in [-0.3, -0.25) is 4.79 Å². The number of carbonyl (C=O) groups excluding carboxylic acids is 1. The van der Waals surface area contributed by atoms with Gasteiger partial charge in [-0.2, -0.15) is 10.1 Å². The van der Waals surface area contributed by atoms with E-state index in [1.165, 1.54) is 6.21 Å². The minimum Gasteiger partial charge on any atom is -0.396 e. The molecule has 1 aromatic carbocycles. The van der Waals surface area contributed by atoms with Gasteiger partial charge in [0.2, 0.25) is 0 Å². The molecule has 0 aliphatic rings. The smallest absolute Gasteiger partial charge is 0.337 e. The number of hydrogen-bond acceptors (Lipinski definition) is 3. The second kappa shape index (κ2) is 7.15. The zero-order valence-corrected chi connectivity index (χ0v) is 13.9. The average Bonchev–Trinajstić information content (AvgIpc) is 2.50. The van der Waals surface area contributed by atoms with Crippen molar-refractivity contribution in [3.8, 4) is 0 Å². The van der Waals surface area contributed by atoms with E-state index >= 15 is 0 Å². The van der Waals surface area contributed by atoms with Gasteiger partial charge in [0.15, 0.2) is 0 Å². The molecule has 0 atom stereocenters. The lowest BCUT2D eigenvalue weighted by Crippen LogP contribution is -2.28. The first-order valence-corrected chi connectivity index (χ1v) is 7.36. The van der Waals surface area contributed by atoms with Crippen molar-refractivity contribution in [2.45, 2.75) is 0 Å². The first-order chi connectivity index (χ1) is 10.4. The second-order valence-electron chi connectivity index (χ2n) is 4.08. The molecule has 0 saturated carbocycles. The summed E-state index contributed by atoms with van der Waals surface area (Å²) in [4.78, 5) is 14.6. The van der Waals surface area contributed by atoms with E-state index in [0.717, 1.165) is 0 Å². The Kier molecular flexibility index (Phi) is 5.47. The van der Waals surface area contributed by atoms with Crippen LogP contribution in [0.15, 0.2) is 29.4 Å². The van der Waals surface area contributed by atoms with Crippen LogP contribution in [0.1, 0.15) is 16.1 Å². The molecule has 0 bridgehead atoms. The largest absolute Gasteiger partial charge is 0.396 e. The summed E-state index contributed by atoms with van der Waals surface area (Å²) in [7, 11) is 0. The summed E-state index contributed by atoms with van der Waals surface area (Å²) >= 11 is 23.6. The lowest BCUT2D eigenvalue weighted by atomic mass is 10.2. The predicted octanol–water partition coefficient (Wildman–Crippen LogP) is 3.46. The molecule has 1 amide bonds. The number of anilines is 1. The van der Waals surface area contributed by atoms with Crippen LogP contribution in [-0.4, -0.2) is 12.1 Å². The number of aromatic amines is 1. The number of amides is 1. The normalized spacial score (nSPS) is 10.9. The molecule has 0 unspecified atom stereocenters. The van der Waals surface area contributed by atoms with Gasteiger partial charge in [-0.05, 0) is 17.7 Å². The molecule has 4 N–H and O–H groups in total. The summed E-state index contributed by atoms with van der Waals surface area (Å²) in [5.41, 5.74) is 8.55. The Balaban J connectivity index is 2.19. The maximum atomic E-state index is 12.0. The maximum absolute atomic E-state index is 12.0. The summed E-state index contributed by atoms with van der Waals surface area (Å²) in [6.45, 7) is 0. The van der Waals surface area contributed by atoms with Crippen molar-refractivity contribution < 1.29 is 9.78 Å². The van der Waals surface area contributed by atoms with Crippen molar-refractivity contribution in [2.24, 2.45) is 5.10 Å². The third-order valence-corrected chi connectivity index (χ3v) is 4.13. The van der Waals surface area contributed by atoms with Crippen LogP contribution in [0.2, 0.25) is 20.2 Å². The Labute approximate surface area is 146 Å². The van der Waals surface area contributed by atoms with Gasteiger partial charge in [0.05, 0.1) is 11.9 Å². The first-order valence-electron chi connectivity index (χ1n) is 5.85. The van der Waals surface area contributed by atoms with Gasteiger partial charge in [0, 0.05) is 10.6 Å². The molecule has 5 nitrogen and oxygen atoms in total. The fraction of sp³-hybridized carbons (Fsp3) is 0. The number of nitrogens with zero attached hydrogens (tertiary/aromatic N) is 1. The zero-order chi connectivity index (χ0) is 16.3. The molecule has 0 saturated heterocycles. The molecule has 0 radical (unpaired) electrons. The maximum Gasteiger partial charge on any atom is 0.337 e. The third kappa shape index (κ3) is 3.62. The van der Waals surface area contributed by atoms with Crippen LogP contribution in [0.25, 0.3) is 0 Å². The predicted molar refractivity (Wildman–Crippen MR) is 89.0 cm³/mol. The molecular formula is C13H9Cl4N4O+. The van der Waals surface area contributed by atoms with E-state index in [1.807, 2.05) is 0 Å². The van der Waals surface area contributed by atoms with E-state index in [-0.39, 0.29) is 26.6 Å². The van der Waals surface area contributed by atoms with Crippen molar-refractivity contribution in [1.82, 2.24) is 5.43 Å². The highest BCUT2D eigenvalue weighted by molar-refractivity contribution is 6.45. The van der Waals surface area contributed by atoms with Crippen molar-refractivity contribution in [1.29, 1.82) is 0 Å². The SMILES string of the molecule is Nc1c(Cl)c(Cl)[nH+]c(C(=O)N/N=C/c2ccccc2Cl)c1Cl. The number of rotatable bonds is 3. The van der Waals surface area contributed by atoms with Crippen LogP contribution in [0.3, 0.4) is 0 Å². The lowest BCUT2D eigenvalue weighted by Gasteiger charge is -2.02. The second-order valence-corrected chi connectivity index (χ2v) is 5.62. The van der Waals surface area contributed by atoms with Gasteiger partial charge in [-0.1, -0.05) is 53.0 Å². The molecule has 1 aromatic heterocycles. The first kappa shape index (κ1) is 16.8. The van der Waals surface area contributed by atoms with Gasteiger partial charge in [-0.25, -0.2) is 5.43 Å². The Hall–Kier alpha value is -1.53. The molecule has 0 fully saturated rings. The van der Waals surface area contributed by atoms with Crippen molar-refractivity contribution >= 4 is 64.2 Å². The molecule has 9 heteroatoms. The number of aromatic nitrogens is 1. The van der Waals surface area contributed by atoms with E-state index in [0.29, 0.717) is 10.6 Å². The molecule has 0 aliphatic heterocycles. The Bertz CT molecular complexity index is 764. The van der Waals surface area contributed by atoms with Crippen LogP contribution in [-0.2, 0) is 0 Å². The zero-order valence-electron chi connectivity index (χ0n) is 10.8. The molecule has 2 rings (SSSR count). The topological polar surface area (TPSA) is 81.6 Å². The minimum atomic E-state index is -0.626. The van der Waals surface area contributed by atoms with Crippen LogP contribution >= 0.6 is 46.4 Å². The molecule has 114 valence electrons. The van der Waals surface area contributed by atoms with Crippen LogP contribution in [0.4, 0.5) is 5.69 Å². The quantitative estimate of drug-likeness (QED) is 0.487. The van der Waals surface area contributed by atoms with Crippen LogP contribution in [0, 0.1) is 0 Å². The Morgan fingerprint density at radius 1 is 1.18 bits per heavy atom. The number of benzene rings is 1. The number of carbonyl (C=O) groups is 1. The highest BCUT2D eigenvalue weighted by Crippen LogP contribution is 2.31. The summed E-state index contributed by atoms with van der Waals surface area (Å²) in [5.74, 6) is -0.626. The number of halogens is 4. The number of hydrogen-bond donors (Lipinski definition) is 2. The number of H-pyrrole nitrogens is 1. The number of nitrogen functional groups attached to an aromatic ring is 1. The minimum absolute atomic E-state index is 0.00352. The summed E-state index contributed by atoms with van der Waals surface area (Å²) in [6, 6.07) is 7.02. The number of hydrazone groups is 1. The molecule has 0 spiro atoms. The van der Waals surface area contributed by atoms with Crippen molar-refractivity contribution in [3.05, 3.63) is 55.7 Å². The molecular weight excluding hydrogens is 370 g/mol. The van der Waals surface area contributed by atoms with Gasteiger partial charge < -0.3 is 5.73 Å². The average molecular weight is 379 g/mol. The standard InChI is InChI=1S/C13H8Cl4N4O/c14-7-4-2-1-3-6(7)5-19-21-13(22)11-8(15)10(18)9(16)12(17)20-11/h1-5H,(H2,18,20)(H,21,22)/p+1/b19-5+. The van der Waals surface area contributed by atoms with E-state index in [2.05, 4.69) is 15.5 Å². The monoisotopic (exact) mass is 377 g/mol. The molecule has 0 aliphatic carbocycles. The van der Waals surface area contributed by atoms with E-state index in [1.54, 1.807) is 24.3 Å². The summed E-state index contributed by atoms with van der Waals surface area (Å²) in [5, 5.41) is 4.31. The van der Waals surface area contributed by atoms with E-state index in [4.69, 9.17) is 52.1 Å². The molecule has 22 heavy (non-hydrogen) atoms. The van der Waals surface area contributed by atoms with Gasteiger partial charge in [0.25, 0.3) is 10.8 Å². The van der Waals surface area contributed by atoms with E-state index < -0.39 is 5.91 Å².